The largest absolute Gasteiger partial charge is 0.573 e. The molecule has 0 bridgehead atoms. The number of hydrogen-bond donors (Lipinski definition) is 2. The number of benzene rings is 2. The molecule has 0 unspecified atom stereocenters. The van der Waals surface area contributed by atoms with Crippen molar-refractivity contribution in [3.63, 3.8) is 0 Å². The zero-order valence-corrected chi connectivity index (χ0v) is 14.5. The molecule has 3 rings (SSSR count). The summed E-state index contributed by atoms with van der Waals surface area (Å²) in [6, 6.07) is 4.81. The van der Waals surface area contributed by atoms with Gasteiger partial charge in [-0.3, -0.25) is 5.32 Å². The Morgan fingerprint density at radius 3 is 2.66 bits per heavy atom. The second-order valence-electron chi connectivity index (χ2n) is 5.92. The fraction of sp³-hybridized carbons (Fsp3) is 0.222. The van der Waals surface area contributed by atoms with Crippen molar-refractivity contribution in [3.8, 4) is 11.5 Å². The van der Waals surface area contributed by atoms with Crippen LogP contribution in [0, 0.1) is 5.82 Å². The molecule has 11 heteroatoms. The zero-order valence-electron chi connectivity index (χ0n) is 14.5. The van der Waals surface area contributed by atoms with E-state index >= 15 is 0 Å². The van der Waals surface area contributed by atoms with Crippen LogP contribution in [0.3, 0.4) is 0 Å². The highest BCUT2D eigenvalue weighted by atomic mass is 19.4. The number of ether oxygens (including phenoxy) is 3. The van der Waals surface area contributed by atoms with E-state index < -0.39 is 42.3 Å². The Labute approximate surface area is 160 Å². The molecule has 0 atom stereocenters. The number of halogens is 4. The van der Waals surface area contributed by atoms with Gasteiger partial charge in [0.05, 0.1) is 17.9 Å². The summed E-state index contributed by atoms with van der Waals surface area (Å²) in [7, 11) is 0. The predicted molar refractivity (Wildman–Crippen MR) is 89.5 cm³/mol. The molecule has 0 spiro atoms. The normalized spacial score (nSPS) is 12.7. The van der Waals surface area contributed by atoms with Gasteiger partial charge in [-0.2, -0.15) is 0 Å². The Morgan fingerprint density at radius 2 is 1.97 bits per heavy atom. The average Bonchev–Trinajstić information content (AvgIpc) is 3.10. The topological polar surface area (TPSA) is 94.1 Å². The molecular formula is C18H13F4NO6. The van der Waals surface area contributed by atoms with Crippen LogP contribution in [0.25, 0.3) is 0 Å². The van der Waals surface area contributed by atoms with E-state index in [0.717, 1.165) is 6.07 Å². The maximum atomic E-state index is 13.8. The third-order valence-electron chi connectivity index (χ3n) is 3.87. The summed E-state index contributed by atoms with van der Waals surface area (Å²) >= 11 is 0. The summed E-state index contributed by atoms with van der Waals surface area (Å²) in [5.41, 5.74) is 0.336. The van der Waals surface area contributed by atoms with Crippen LogP contribution in [-0.4, -0.2) is 30.1 Å². The van der Waals surface area contributed by atoms with Crippen LogP contribution in [-0.2, 0) is 17.8 Å². The first-order valence-electron chi connectivity index (χ1n) is 8.13. The number of carboxylic acids is 1. The van der Waals surface area contributed by atoms with Gasteiger partial charge in [0.2, 0.25) is 0 Å². The van der Waals surface area contributed by atoms with E-state index in [1.54, 1.807) is 0 Å². The Kier molecular flexibility index (Phi) is 5.48. The van der Waals surface area contributed by atoms with E-state index in [2.05, 4.69) is 4.74 Å². The van der Waals surface area contributed by atoms with Gasteiger partial charge in [-0.05, 0) is 29.8 Å². The van der Waals surface area contributed by atoms with E-state index in [-0.39, 0.29) is 5.56 Å². The first-order chi connectivity index (χ1) is 13.6. The number of nitrogens with one attached hydrogen (secondary N) is 1. The number of aromatic carboxylic acids is 1. The minimum atomic E-state index is -4.98. The molecule has 1 amide bonds. The molecule has 1 heterocycles. The molecule has 2 aromatic carbocycles. The number of carbonyl (C=O) groups is 2. The van der Waals surface area contributed by atoms with Gasteiger partial charge in [-0.15, -0.1) is 13.2 Å². The lowest BCUT2D eigenvalue weighted by Gasteiger charge is -2.13. The quantitative estimate of drug-likeness (QED) is 0.714. The number of amides is 1. The SMILES string of the molecule is O=C(Nc1cc(OC(F)(F)F)ccc1F)OCc1cc(C(=O)O)cc2c1OCC2. The van der Waals surface area contributed by atoms with Crippen molar-refractivity contribution in [3.05, 3.63) is 52.8 Å². The van der Waals surface area contributed by atoms with E-state index in [4.69, 9.17) is 14.6 Å². The van der Waals surface area contributed by atoms with Crippen molar-refractivity contribution in [2.45, 2.75) is 19.4 Å². The Morgan fingerprint density at radius 1 is 1.21 bits per heavy atom. The predicted octanol–water partition coefficient (Wildman–Crippen LogP) is 4.11. The first kappa shape index (κ1) is 20.2. The van der Waals surface area contributed by atoms with E-state index in [9.17, 15) is 27.2 Å². The van der Waals surface area contributed by atoms with Crippen LogP contribution in [0.4, 0.5) is 28.0 Å². The summed E-state index contributed by atoms with van der Waals surface area (Å²) in [6.07, 6.45) is -5.65. The van der Waals surface area contributed by atoms with Crippen LogP contribution in [0.1, 0.15) is 21.5 Å². The fourth-order valence-corrected chi connectivity index (χ4v) is 2.71. The smallest absolute Gasteiger partial charge is 0.493 e. The molecule has 1 aliphatic heterocycles. The van der Waals surface area contributed by atoms with Crippen molar-refractivity contribution in [1.29, 1.82) is 0 Å². The molecular weight excluding hydrogens is 402 g/mol. The van der Waals surface area contributed by atoms with Crippen LogP contribution >= 0.6 is 0 Å². The van der Waals surface area contributed by atoms with Crippen molar-refractivity contribution in [2.24, 2.45) is 0 Å². The number of fused-ring (bicyclic) bond motifs is 1. The van der Waals surface area contributed by atoms with E-state index in [1.807, 2.05) is 5.32 Å². The highest BCUT2D eigenvalue weighted by molar-refractivity contribution is 5.89. The fourth-order valence-electron chi connectivity index (χ4n) is 2.71. The maximum Gasteiger partial charge on any atom is 0.573 e. The molecule has 29 heavy (non-hydrogen) atoms. The molecule has 2 aromatic rings. The average molecular weight is 415 g/mol. The number of alkyl halides is 3. The van der Waals surface area contributed by atoms with Crippen molar-refractivity contribution >= 4 is 17.7 Å². The third kappa shape index (κ3) is 5.06. The second kappa shape index (κ2) is 7.86. The zero-order chi connectivity index (χ0) is 21.2. The molecule has 7 nitrogen and oxygen atoms in total. The second-order valence-corrected chi connectivity index (χ2v) is 5.92. The third-order valence-corrected chi connectivity index (χ3v) is 3.87. The van der Waals surface area contributed by atoms with Gasteiger partial charge < -0.3 is 19.3 Å². The minimum Gasteiger partial charge on any atom is -0.493 e. The number of carboxylic acid groups (broad SMARTS) is 1. The van der Waals surface area contributed by atoms with Gasteiger partial charge in [0.25, 0.3) is 0 Å². The lowest BCUT2D eigenvalue weighted by molar-refractivity contribution is -0.274. The van der Waals surface area contributed by atoms with Crippen molar-refractivity contribution in [2.75, 3.05) is 11.9 Å². The standard InChI is InChI=1S/C18H13F4NO6/c19-13-2-1-12(29-18(20,21)22)7-14(13)23-17(26)28-8-11-6-10(16(24)25)5-9-3-4-27-15(9)11/h1-2,5-7H,3-4,8H2,(H,23,26)(H,24,25). The number of rotatable bonds is 5. The van der Waals surface area contributed by atoms with E-state index in [1.165, 1.54) is 12.1 Å². The van der Waals surface area contributed by atoms with Crippen LogP contribution in [0.2, 0.25) is 0 Å². The highest BCUT2D eigenvalue weighted by Gasteiger charge is 2.31. The molecule has 0 saturated carbocycles. The molecule has 0 saturated heterocycles. The number of anilines is 1. The molecule has 154 valence electrons. The molecule has 2 N–H and O–H groups in total. The molecule has 0 radical (unpaired) electrons. The van der Waals surface area contributed by atoms with Gasteiger partial charge in [-0.25, -0.2) is 14.0 Å². The number of carbonyl (C=O) groups excluding carboxylic acids is 1. The molecule has 0 aliphatic carbocycles. The van der Waals surface area contributed by atoms with Crippen molar-refractivity contribution < 1.29 is 46.5 Å². The first-order valence-corrected chi connectivity index (χ1v) is 8.13. The van der Waals surface area contributed by atoms with Gasteiger partial charge in [0, 0.05) is 18.1 Å². The van der Waals surface area contributed by atoms with E-state index in [0.29, 0.717) is 42.0 Å². The summed E-state index contributed by atoms with van der Waals surface area (Å²) in [6.45, 7) is -0.0511. The minimum absolute atomic E-state index is 0.0173. The van der Waals surface area contributed by atoms with Gasteiger partial charge >= 0.3 is 18.4 Å². The lowest BCUT2D eigenvalue weighted by Crippen LogP contribution is -2.18. The van der Waals surface area contributed by atoms with Gasteiger partial charge in [0.1, 0.15) is 23.9 Å². The summed E-state index contributed by atoms with van der Waals surface area (Å²) < 4.78 is 64.5. The van der Waals surface area contributed by atoms with Crippen LogP contribution in [0.5, 0.6) is 11.5 Å². The Bertz CT molecular complexity index is 960. The summed E-state index contributed by atoms with van der Waals surface area (Å²) in [5.74, 6) is -2.51. The Balaban J connectivity index is 1.70. The van der Waals surface area contributed by atoms with Gasteiger partial charge in [0.15, 0.2) is 0 Å². The van der Waals surface area contributed by atoms with Crippen LogP contribution in [0.15, 0.2) is 30.3 Å². The molecule has 0 fully saturated rings. The Hall–Kier alpha value is -3.50. The molecule has 0 aromatic heterocycles. The lowest BCUT2D eigenvalue weighted by atomic mass is 10.0. The van der Waals surface area contributed by atoms with Gasteiger partial charge in [-0.1, -0.05) is 0 Å². The number of hydrogen-bond acceptors (Lipinski definition) is 5. The monoisotopic (exact) mass is 415 g/mol. The van der Waals surface area contributed by atoms with Crippen LogP contribution < -0.4 is 14.8 Å². The maximum absolute atomic E-state index is 13.8. The van der Waals surface area contributed by atoms with Crippen molar-refractivity contribution in [1.82, 2.24) is 0 Å². The summed E-state index contributed by atoms with van der Waals surface area (Å²) in [4.78, 5) is 23.1. The highest BCUT2D eigenvalue weighted by Crippen LogP contribution is 2.32. The summed E-state index contributed by atoms with van der Waals surface area (Å²) in [5, 5.41) is 11.1. The molecule has 1 aliphatic rings.